The van der Waals surface area contributed by atoms with Crippen LogP contribution in [0.25, 0.3) is 0 Å². The van der Waals surface area contributed by atoms with Gasteiger partial charge in [0, 0.05) is 11.8 Å². The van der Waals surface area contributed by atoms with Gasteiger partial charge in [-0.25, -0.2) is 12.8 Å². The normalized spacial score (nSPS) is 12.8. The Balaban J connectivity index is 3.07. The third kappa shape index (κ3) is 3.97. The lowest BCUT2D eigenvalue weighted by molar-refractivity contribution is -0.115. The summed E-state index contributed by atoms with van der Waals surface area (Å²) in [6.45, 7) is 1.26. The molecule has 0 radical (unpaired) electrons. The maximum atomic E-state index is 13.1. The standard InChI is InChI=1S/C11H13FN2O3S2/c1-6(19(2,16)17)11(15)14-9-4-3-7(12)5-8(9)10(13)18/h3-6H,1-2H3,(H2,13,18)(H,14,15). The highest BCUT2D eigenvalue weighted by Gasteiger charge is 2.24. The SMILES string of the molecule is CC(C(=O)Nc1ccc(F)cc1C(N)=S)S(C)(=O)=O. The van der Waals surface area contributed by atoms with Gasteiger partial charge >= 0.3 is 0 Å². The summed E-state index contributed by atoms with van der Waals surface area (Å²) in [7, 11) is -3.51. The number of thiocarbonyl (C=S) groups is 1. The number of sulfone groups is 1. The van der Waals surface area contributed by atoms with Crippen LogP contribution in [-0.2, 0) is 14.6 Å². The topological polar surface area (TPSA) is 89.3 Å². The second-order valence-electron chi connectivity index (χ2n) is 4.02. The second kappa shape index (κ2) is 5.62. The monoisotopic (exact) mass is 304 g/mol. The van der Waals surface area contributed by atoms with Crippen molar-refractivity contribution in [1.82, 2.24) is 0 Å². The molecule has 1 atom stereocenters. The molecule has 5 nitrogen and oxygen atoms in total. The Morgan fingerprint density at radius 3 is 2.53 bits per heavy atom. The molecule has 1 unspecified atom stereocenters. The lowest BCUT2D eigenvalue weighted by Gasteiger charge is -2.13. The van der Waals surface area contributed by atoms with Crippen molar-refractivity contribution in [2.45, 2.75) is 12.2 Å². The van der Waals surface area contributed by atoms with Crippen molar-refractivity contribution in [2.24, 2.45) is 5.73 Å². The molecule has 8 heteroatoms. The van der Waals surface area contributed by atoms with E-state index in [9.17, 15) is 17.6 Å². The molecule has 0 fully saturated rings. The van der Waals surface area contributed by atoms with Gasteiger partial charge in [-0.05, 0) is 25.1 Å². The lowest BCUT2D eigenvalue weighted by atomic mass is 10.1. The average Bonchev–Trinajstić information content (AvgIpc) is 2.28. The van der Waals surface area contributed by atoms with E-state index in [2.05, 4.69) is 5.32 Å². The summed E-state index contributed by atoms with van der Waals surface area (Å²) in [4.78, 5) is 11.7. The van der Waals surface area contributed by atoms with Gasteiger partial charge in [-0.2, -0.15) is 0 Å². The Morgan fingerprint density at radius 1 is 1.47 bits per heavy atom. The minimum Gasteiger partial charge on any atom is -0.389 e. The van der Waals surface area contributed by atoms with Crippen LogP contribution >= 0.6 is 12.2 Å². The van der Waals surface area contributed by atoms with E-state index in [4.69, 9.17) is 18.0 Å². The molecule has 19 heavy (non-hydrogen) atoms. The Hall–Kier alpha value is -1.54. The number of hydrogen-bond acceptors (Lipinski definition) is 4. The number of hydrogen-bond donors (Lipinski definition) is 2. The zero-order valence-electron chi connectivity index (χ0n) is 10.3. The third-order valence-electron chi connectivity index (χ3n) is 2.52. The number of nitrogens with one attached hydrogen (secondary N) is 1. The molecule has 3 N–H and O–H groups in total. The molecule has 0 saturated heterocycles. The molecule has 0 heterocycles. The maximum Gasteiger partial charge on any atom is 0.242 e. The van der Waals surface area contributed by atoms with E-state index < -0.39 is 26.8 Å². The number of nitrogens with two attached hydrogens (primary N) is 1. The first-order valence-corrected chi connectivity index (χ1v) is 7.58. The lowest BCUT2D eigenvalue weighted by Crippen LogP contribution is -2.32. The Labute approximate surface area is 115 Å². The van der Waals surface area contributed by atoms with E-state index in [0.29, 0.717) is 0 Å². The Kier molecular flexibility index (Phi) is 4.59. The fourth-order valence-electron chi connectivity index (χ4n) is 1.26. The van der Waals surface area contributed by atoms with Crippen molar-refractivity contribution in [3.63, 3.8) is 0 Å². The molecule has 1 amide bonds. The van der Waals surface area contributed by atoms with E-state index in [-0.39, 0.29) is 16.2 Å². The number of anilines is 1. The highest BCUT2D eigenvalue weighted by atomic mass is 32.2. The summed E-state index contributed by atoms with van der Waals surface area (Å²) in [6.07, 6.45) is 0.955. The van der Waals surface area contributed by atoms with Gasteiger partial charge in [-0.15, -0.1) is 0 Å². The predicted octanol–water partition coefficient (Wildman–Crippen LogP) is 0.832. The van der Waals surface area contributed by atoms with E-state index >= 15 is 0 Å². The first-order valence-electron chi connectivity index (χ1n) is 5.22. The molecule has 1 aromatic rings. The van der Waals surface area contributed by atoms with E-state index in [1.807, 2.05) is 0 Å². The maximum absolute atomic E-state index is 13.1. The van der Waals surface area contributed by atoms with Crippen LogP contribution in [0, 0.1) is 5.82 Å². The number of amides is 1. The van der Waals surface area contributed by atoms with Crippen LogP contribution in [0.4, 0.5) is 10.1 Å². The second-order valence-corrected chi connectivity index (χ2v) is 6.82. The summed E-state index contributed by atoms with van der Waals surface area (Å²) < 4.78 is 35.6. The fraction of sp³-hybridized carbons (Fsp3) is 0.273. The van der Waals surface area contributed by atoms with Gasteiger partial charge in [0.05, 0.1) is 5.69 Å². The highest BCUT2D eigenvalue weighted by molar-refractivity contribution is 7.92. The van der Waals surface area contributed by atoms with Gasteiger partial charge in [0.25, 0.3) is 0 Å². The molecule has 0 bridgehead atoms. The van der Waals surface area contributed by atoms with E-state index in [1.165, 1.54) is 13.0 Å². The molecule has 0 aromatic heterocycles. The third-order valence-corrected chi connectivity index (χ3v) is 4.23. The Morgan fingerprint density at radius 2 is 2.05 bits per heavy atom. The van der Waals surface area contributed by atoms with Crippen molar-refractivity contribution in [3.8, 4) is 0 Å². The summed E-state index contributed by atoms with van der Waals surface area (Å²) in [6, 6.07) is 3.46. The van der Waals surface area contributed by atoms with Crippen LogP contribution in [-0.4, -0.2) is 30.8 Å². The van der Waals surface area contributed by atoms with Crippen molar-refractivity contribution in [2.75, 3.05) is 11.6 Å². The fourth-order valence-corrected chi connectivity index (χ4v) is 1.87. The van der Waals surface area contributed by atoms with Gasteiger partial charge in [0.15, 0.2) is 9.84 Å². The van der Waals surface area contributed by atoms with Crippen LogP contribution < -0.4 is 11.1 Å². The predicted molar refractivity (Wildman–Crippen MR) is 75.2 cm³/mol. The molecule has 1 aromatic carbocycles. The molecular weight excluding hydrogens is 291 g/mol. The number of carbonyl (C=O) groups is 1. The van der Waals surface area contributed by atoms with Gasteiger partial charge < -0.3 is 11.1 Å². The minimum absolute atomic E-state index is 0.0955. The number of halogens is 1. The van der Waals surface area contributed by atoms with Crippen molar-refractivity contribution >= 4 is 38.6 Å². The largest absolute Gasteiger partial charge is 0.389 e. The molecule has 0 aliphatic carbocycles. The van der Waals surface area contributed by atoms with E-state index in [0.717, 1.165) is 18.4 Å². The summed E-state index contributed by atoms with van der Waals surface area (Å²) in [5.41, 5.74) is 5.73. The summed E-state index contributed by atoms with van der Waals surface area (Å²) in [5, 5.41) is 1.15. The number of benzene rings is 1. The molecule has 0 aliphatic heterocycles. The molecule has 0 saturated carbocycles. The van der Waals surface area contributed by atoms with Crippen molar-refractivity contribution in [3.05, 3.63) is 29.6 Å². The van der Waals surface area contributed by atoms with Gasteiger partial charge in [-0.3, -0.25) is 4.79 Å². The smallest absolute Gasteiger partial charge is 0.242 e. The highest BCUT2D eigenvalue weighted by Crippen LogP contribution is 2.18. The average molecular weight is 304 g/mol. The van der Waals surface area contributed by atoms with Crippen LogP contribution in [0.1, 0.15) is 12.5 Å². The zero-order chi connectivity index (χ0) is 14.8. The summed E-state index contributed by atoms with van der Waals surface area (Å²) >= 11 is 4.74. The number of rotatable bonds is 4. The molecule has 0 aliphatic rings. The van der Waals surface area contributed by atoms with Gasteiger partial charge in [0.1, 0.15) is 16.1 Å². The van der Waals surface area contributed by atoms with Crippen LogP contribution in [0.2, 0.25) is 0 Å². The Bertz CT molecular complexity index is 629. The van der Waals surface area contributed by atoms with Crippen LogP contribution in [0.15, 0.2) is 18.2 Å². The first kappa shape index (κ1) is 15.5. The quantitative estimate of drug-likeness (QED) is 0.804. The van der Waals surface area contributed by atoms with E-state index in [1.54, 1.807) is 0 Å². The first-order chi connectivity index (χ1) is 8.62. The summed E-state index contributed by atoms with van der Waals surface area (Å²) in [5.74, 6) is -1.29. The van der Waals surface area contributed by atoms with Crippen LogP contribution in [0.5, 0.6) is 0 Å². The van der Waals surface area contributed by atoms with Gasteiger partial charge in [-0.1, -0.05) is 12.2 Å². The van der Waals surface area contributed by atoms with Gasteiger partial charge in [0.2, 0.25) is 5.91 Å². The minimum atomic E-state index is -3.51. The van der Waals surface area contributed by atoms with Crippen molar-refractivity contribution < 1.29 is 17.6 Å². The zero-order valence-corrected chi connectivity index (χ0v) is 11.9. The van der Waals surface area contributed by atoms with Crippen LogP contribution in [0.3, 0.4) is 0 Å². The molecule has 1 rings (SSSR count). The molecule has 104 valence electrons. The molecular formula is C11H13FN2O3S2. The number of carbonyl (C=O) groups excluding carboxylic acids is 1. The molecule has 0 spiro atoms. The van der Waals surface area contributed by atoms with Crippen molar-refractivity contribution in [1.29, 1.82) is 0 Å².